The number of aromatic nitrogens is 2. The Kier molecular flexibility index (Phi) is 5.12. The number of sulfonamides is 1. The quantitative estimate of drug-likeness (QED) is 0.838. The molecule has 0 aliphatic carbocycles. The van der Waals surface area contributed by atoms with Crippen LogP contribution >= 0.6 is 0 Å². The second kappa shape index (κ2) is 6.88. The van der Waals surface area contributed by atoms with Gasteiger partial charge in [-0.05, 0) is 26.0 Å². The highest BCUT2D eigenvalue weighted by Gasteiger charge is 2.23. The molecular formula is C14H18N4O4S. The van der Waals surface area contributed by atoms with Crippen molar-refractivity contribution in [2.24, 2.45) is 0 Å². The molecule has 0 bridgehead atoms. The summed E-state index contributed by atoms with van der Waals surface area (Å²) in [4.78, 5) is 17.7. The van der Waals surface area contributed by atoms with E-state index in [1.54, 1.807) is 39.1 Å². The minimum Gasteiger partial charge on any atom is -0.337 e. The van der Waals surface area contributed by atoms with Crippen LogP contribution in [0.5, 0.6) is 0 Å². The Morgan fingerprint density at radius 3 is 2.57 bits per heavy atom. The van der Waals surface area contributed by atoms with Gasteiger partial charge in [-0.1, -0.05) is 23.4 Å². The second-order valence-electron chi connectivity index (χ2n) is 5.00. The zero-order valence-corrected chi connectivity index (χ0v) is 13.9. The molecule has 124 valence electrons. The summed E-state index contributed by atoms with van der Waals surface area (Å²) in [5, 5.41) is 3.67. The Hall–Kier alpha value is -2.26. The summed E-state index contributed by atoms with van der Waals surface area (Å²) < 4.78 is 31.5. The van der Waals surface area contributed by atoms with Crippen LogP contribution in [0.3, 0.4) is 0 Å². The molecule has 0 saturated carbocycles. The number of hydrogen-bond donors (Lipinski definition) is 1. The van der Waals surface area contributed by atoms with E-state index < -0.39 is 22.0 Å². The lowest BCUT2D eigenvalue weighted by Crippen LogP contribution is -2.39. The molecule has 0 aliphatic heterocycles. The third kappa shape index (κ3) is 4.14. The predicted molar refractivity (Wildman–Crippen MR) is 81.9 cm³/mol. The predicted octanol–water partition coefficient (Wildman–Crippen LogP) is 0.876. The van der Waals surface area contributed by atoms with Crippen molar-refractivity contribution in [1.29, 1.82) is 0 Å². The van der Waals surface area contributed by atoms with Crippen molar-refractivity contribution >= 4 is 15.9 Å². The minimum absolute atomic E-state index is 0.107. The maximum absolute atomic E-state index is 12.2. The van der Waals surface area contributed by atoms with Gasteiger partial charge in [0, 0.05) is 7.05 Å². The first-order valence-corrected chi connectivity index (χ1v) is 8.40. The molecule has 8 nitrogen and oxygen atoms in total. The van der Waals surface area contributed by atoms with Gasteiger partial charge in [0.05, 0.1) is 11.4 Å². The van der Waals surface area contributed by atoms with E-state index in [0.29, 0.717) is 11.7 Å². The number of amides is 1. The monoisotopic (exact) mass is 338 g/mol. The number of rotatable bonds is 6. The fraction of sp³-hybridized carbons (Fsp3) is 0.357. The smallest absolute Gasteiger partial charge is 0.249 e. The van der Waals surface area contributed by atoms with Crippen molar-refractivity contribution in [1.82, 2.24) is 19.8 Å². The van der Waals surface area contributed by atoms with Gasteiger partial charge in [0.15, 0.2) is 5.82 Å². The normalized spacial score (nSPS) is 12.8. The van der Waals surface area contributed by atoms with Crippen molar-refractivity contribution in [2.75, 3.05) is 13.6 Å². The van der Waals surface area contributed by atoms with Gasteiger partial charge in [0.2, 0.25) is 21.8 Å². The van der Waals surface area contributed by atoms with E-state index in [0.717, 1.165) is 0 Å². The number of nitrogens with one attached hydrogen (secondary N) is 1. The van der Waals surface area contributed by atoms with Crippen molar-refractivity contribution in [3.05, 3.63) is 42.0 Å². The van der Waals surface area contributed by atoms with Crippen molar-refractivity contribution in [2.45, 2.75) is 24.8 Å². The van der Waals surface area contributed by atoms with Gasteiger partial charge < -0.3 is 9.42 Å². The highest BCUT2D eigenvalue weighted by molar-refractivity contribution is 7.89. The van der Waals surface area contributed by atoms with E-state index in [1.165, 1.54) is 17.0 Å². The van der Waals surface area contributed by atoms with Gasteiger partial charge in [-0.2, -0.15) is 4.98 Å². The maximum Gasteiger partial charge on any atom is 0.249 e. The maximum atomic E-state index is 12.2. The summed E-state index contributed by atoms with van der Waals surface area (Å²) in [6.45, 7) is 3.04. The van der Waals surface area contributed by atoms with Crippen LogP contribution in [0.15, 0.2) is 39.8 Å². The fourth-order valence-corrected chi connectivity index (χ4v) is 2.82. The van der Waals surface area contributed by atoms with E-state index >= 15 is 0 Å². The molecule has 1 amide bonds. The minimum atomic E-state index is -3.72. The van der Waals surface area contributed by atoms with Crippen LogP contribution < -0.4 is 4.72 Å². The number of likely N-dealkylation sites (N-methyl/N-ethyl adjacent to an activating group) is 1. The molecule has 1 heterocycles. The van der Waals surface area contributed by atoms with Crippen LogP contribution in [0.25, 0.3) is 0 Å². The summed E-state index contributed by atoms with van der Waals surface area (Å²) >= 11 is 0. The van der Waals surface area contributed by atoms with E-state index in [4.69, 9.17) is 4.52 Å². The zero-order valence-electron chi connectivity index (χ0n) is 13.1. The summed E-state index contributed by atoms with van der Waals surface area (Å²) in [5.74, 6) is 0.356. The van der Waals surface area contributed by atoms with Gasteiger partial charge >= 0.3 is 0 Å². The third-order valence-corrected chi connectivity index (χ3v) is 4.76. The molecule has 2 aromatic rings. The van der Waals surface area contributed by atoms with Crippen LogP contribution in [0.1, 0.15) is 24.7 Å². The first-order valence-electron chi connectivity index (χ1n) is 6.92. The highest BCUT2D eigenvalue weighted by Crippen LogP contribution is 2.16. The molecule has 1 atom stereocenters. The Bertz CT molecular complexity index is 773. The van der Waals surface area contributed by atoms with E-state index in [2.05, 4.69) is 14.9 Å². The van der Waals surface area contributed by atoms with Gasteiger partial charge in [0.1, 0.15) is 6.04 Å². The Morgan fingerprint density at radius 1 is 1.35 bits per heavy atom. The molecule has 9 heteroatoms. The fourth-order valence-electron chi connectivity index (χ4n) is 1.83. The summed E-state index contributed by atoms with van der Waals surface area (Å²) in [7, 11) is -2.18. The van der Waals surface area contributed by atoms with E-state index in [-0.39, 0.29) is 11.4 Å². The average Bonchev–Trinajstić information content (AvgIpc) is 2.98. The molecule has 0 saturated heterocycles. The molecule has 23 heavy (non-hydrogen) atoms. The molecule has 1 aromatic heterocycles. The molecule has 2 rings (SSSR count). The summed E-state index contributed by atoms with van der Waals surface area (Å²) in [6, 6.07) is 7.41. The molecule has 1 unspecified atom stereocenters. The van der Waals surface area contributed by atoms with Crippen molar-refractivity contribution in [3.8, 4) is 0 Å². The van der Waals surface area contributed by atoms with Crippen LogP contribution in [-0.4, -0.2) is 43.0 Å². The van der Waals surface area contributed by atoms with Crippen LogP contribution in [0, 0.1) is 6.92 Å². The third-order valence-electron chi connectivity index (χ3n) is 3.34. The zero-order chi connectivity index (χ0) is 17.0. The van der Waals surface area contributed by atoms with Crippen LogP contribution in [-0.2, 0) is 14.8 Å². The number of benzene rings is 1. The Balaban J connectivity index is 1.99. The molecular weight excluding hydrogens is 320 g/mol. The lowest BCUT2D eigenvalue weighted by atomic mass is 10.3. The number of aryl methyl sites for hydroxylation is 1. The van der Waals surface area contributed by atoms with Gasteiger partial charge in [-0.3, -0.25) is 4.79 Å². The lowest BCUT2D eigenvalue weighted by molar-refractivity contribution is -0.131. The van der Waals surface area contributed by atoms with Gasteiger partial charge in [-0.15, -0.1) is 0 Å². The number of nitrogens with zero attached hydrogens (tertiary/aromatic N) is 3. The molecule has 0 fully saturated rings. The topological polar surface area (TPSA) is 105 Å². The first kappa shape index (κ1) is 17.1. The molecule has 0 aliphatic rings. The van der Waals surface area contributed by atoms with Crippen LogP contribution in [0.4, 0.5) is 0 Å². The summed E-state index contributed by atoms with van der Waals surface area (Å²) in [6.07, 6.45) is 0. The SMILES string of the molecule is Cc1noc(C(C)N(C)C(=O)CNS(=O)(=O)c2ccccc2)n1. The molecule has 1 N–H and O–H groups in total. The first-order chi connectivity index (χ1) is 10.8. The van der Waals surface area contributed by atoms with E-state index in [1.807, 2.05) is 0 Å². The Labute approximate surface area is 134 Å². The number of hydrogen-bond acceptors (Lipinski definition) is 6. The lowest BCUT2D eigenvalue weighted by Gasteiger charge is -2.22. The second-order valence-corrected chi connectivity index (χ2v) is 6.77. The molecule has 1 aromatic carbocycles. The van der Waals surface area contributed by atoms with Crippen molar-refractivity contribution in [3.63, 3.8) is 0 Å². The molecule has 0 spiro atoms. The van der Waals surface area contributed by atoms with Crippen LogP contribution in [0.2, 0.25) is 0 Å². The van der Waals surface area contributed by atoms with Gasteiger partial charge in [-0.25, -0.2) is 13.1 Å². The Morgan fingerprint density at radius 2 is 2.00 bits per heavy atom. The van der Waals surface area contributed by atoms with Gasteiger partial charge in [0.25, 0.3) is 0 Å². The highest BCUT2D eigenvalue weighted by atomic mass is 32.2. The largest absolute Gasteiger partial charge is 0.337 e. The van der Waals surface area contributed by atoms with Crippen molar-refractivity contribution < 1.29 is 17.7 Å². The average molecular weight is 338 g/mol. The molecule has 0 radical (unpaired) electrons. The van der Waals surface area contributed by atoms with E-state index in [9.17, 15) is 13.2 Å². The standard InChI is InChI=1S/C14H18N4O4S/c1-10(14-16-11(2)17-22-14)18(3)13(19)9-15-23(20,21)12-7-5-4-6-8-12/h4-8,10,15H,9H2,1-3H3. The number of carbonyl (C=O) groups is 1. The number of carbonyl (C=O) groups excluding carboxylic acids is 1. The summed E-state index contributed by atoms with van der Waals surface area (Å²) in [5.41, 5.74) is 0.